The molecule has 0 unspecified atom stereocenters. The number of carbonyl (C=O) groups is 1. The first kappa shape index (κ1) is 20.0. The van der Waals surface area contributed by atoms with E-state index < -0.39 is 0 Å². The molecule has 3 heterocycles. The van der Waals surface area contributed by atoms with Crippen LogP contribution in [0.1, 0.15) is 10.4 Å². The quantitative estimate of drug-likeness (QED) is 0.504. The summed E-state index contributed by atoms with van der Waals surface area (Å²) in [6, 6.07) is 19.1. The number of likely N-dealkylation sites (tertiary alicyclic amines) is 1. The number of fused-ring (bicyclic) bond motifs is 1. The number of aromatic nitrogens is 3. The van der Waals surface area contributed by atoms with Crippen LogP contribution in [0.25, 0.3) is 16.8 Å². The van der Waals surface area contributed by atoms with E-state index in [9.17, 15) is 4.79 Å². The zero-order chi connectivity index (χ0) is 22.1. The minimum atomic E-state index is 0.0137. The summed E-state index contributed by atoms with van der Waals surface area (Å²) >= 11 is 0. The third-order valence-corrected chi connectivity index (χ3v) is 5.62. The predicted octanol–water partition coefficient (Wildman–Crippen LogP) is 3.62. The first-order chi connectivity index (χ1) is 15.6. The Bertz CT molecular complexity index is 1250. The Balaban J connectivity index is 1.34. The number of carbonyl (C=O) groups excluding carboxylic acids is 1. The highest BCUT2D eigenvalue weighted by molar-refractivity contribution is 5.95. The molecule has 2 aromatic carbocycles. The van der Waals surface area contributed by atoms with E-state index in [1.165, 1.54) is 0 Å². The average Bonchev–Trinajstić information content (AvgIpc) is 3.21. The summed E-state index contributed by atoms with van der Waals surface area (Å²) in [5, 5.41) is 7.76. The van der Waals surface area contributed by atoms with E-state index in [4.69, 9.17) is 9.47 Å². The molecule has 162 valence electrons. The van der Waals surface area contributed by atoms with Crippen molar-refractivity contribution < 1.29 is 14.3 Å². The molecule has 1 amide bonds. The molecule has 2 aromatic heterocycles. The van der Waals surface area contributed by atoms with Crippen LogP contribution in [0, 0.1) is 0 Å². The molecule has 1 aliphatic heterocycles. The third-order valence-electron chi connectivity index (χ3n) is 5.62. The van der Waals surface area contributed by atoms with Gasteiger partial charge in [0.2, 0.25) is 5.95 Å². The van der Waals surface area contributed by atoms with Crippen molar-refractivity contribution in [2.24, 2.45) is 0 Å². The molecule has 32 heavy (non-hydrogen) atoms. The first-order valence-electron chi connectivity index (χ1n) is 10.3. The van der Waals surface area contributed by atoms with Crippen LogP contribution in [0.3, 0.4) is 0 Å². The molecular weight excluding hydrogens is 406 g/mol. The zero-order valence-electron chi connectivity index (χ0n) is 17.9. The SMILES string of the molecule is COc1ccc(-c2cccn3nc(Nc4ccc(C(=O)N5CC(OC)C5)cc4)nc23)cc1. The molecule has 0 spiro atoms. The van der Waals surface area contributed by atoms with Crippen LogP contribution in [0.4, 0.5) is 11.6 Å². The number of hydrogen-bond donors (Lipinski definition) is 1. The van der Waals surface area contributed by atoms with Crippen molar-refractivity contribution in [2.75, 3.05) is 32.6 Å². The number of anilines is 2. The van der Waals surface area contributed by atoms with E-state index in [2.05, 4.69) is 15.4 Å². The Morgan fingerprint density at radius 3 is 2.47 bits per heavy atom. The lowest BCUT2D eigenvalue weighted by Crippen LogP contribution is -2.54. The summed E-state index contributed by atoms with van der Waals surface area (Å²) < 4.78 is 12.2. The van der Waals surface area contributed by atoms with Gasteiger partial charge in [0.05, 0.1) is 13.2 Å². The summed E-state index contributed by atoms with van der Waals surface area (Å²) in [6.07, 6.45) is 2.01. The third kappa shape index (κ3) is 3.76. The molecule has 5 rings (SSSR count). The summed E-state index contributed by atoms with van der Waals surface area (Å²) in [5.41, 5.74) is 4.20. The second kappa shape index (κ2) is 8.32. The van der Waals surface area contributed by atoms with Gasteiger partial charge < -0.3 is 19.7 Å². The number of nitrogens with zero attached hydrogens (tertiary/aromatic N) is 4. The van der Waals surface area contributed by atoms with Crippen LogP contribution in [0.15, 0.2) is 66.9 Å². The van der Waals surface area contributed by atoms with Crippen molar-refractivity contribution in [3.8, 4) is 16.9 Å². The highest BCUT2D eigenvalue weighted by atomic mass is 16.5. The van der Waals surface area contributed by atoms with E-state index in [0.29, 0.717) is 24.6 Å². The molecule has 0 atom stereocenters. The molecule has 0 saturated carbocycles. The Labute approximate surface area is 185 Å². The molecule has 1 saturated heterocycles. The van der Waals surface area contributed by atoms with Gasteiger partial charge in [-0.05, 0) is 54.1 Å². The van der Waals surface area contributed by atoms with Gasteiger partial charge in [-0.1, -0.05) is 12.1 Å². The highest BCUT2D eigenvalue weighted by Gasteiger charge is 2.30. The van der Waals surface area contributed by atoms with Crippen molar-refractivity contribution in [1.29, 1.82) is 0 Å². The van der Waals surface area contributed by atoms with E-state index in [0.717, 1.165) is 28.2 Å². The van der Waals surface area contributed by atoms with Crippen molar-refractivity contribution >= 4 is 23.2 Å². The summed E-state index contributed by atoms with van der Waals surface area (Å²) in [5.74, 6) is 1.30. The lowest BCUT2D eigenvalue weighted by molar-refractivity contribution is -0.0191. The molecule has 8 heteroatoms. The van der Waals surface area contributed by atoms with Crippen molar-refractivity contribution in [1.82, 2.24) is 19.5 Å². The van der Waals surface area contributed by atoms with Crippen molar-refractivity contribution in [2.45, 2.75) is 6.10 Å². The van der Waals surface area contributed by atoms with Gasteiger partial charge in [0.25, 0.3) is 5.91 Å². The average molecular weight is 429 g/mol. The lowest BCUT2D eigenvalue weighted by atomic mass is 10.1. The normalized spacial score (nSPS) is 13.8. The van der Waals surface area contributed by atoms with Gasteiger partial charge in [-0.3, -0.25) is 4.79 Å². The number of ether oxygens (including phenoxy) is 2. The molecule has 0 aliphatic carbocycles. The summed E-state index contributed by atoms with van der Waals surface area (Å²) in [4.78, 5) is 19.0. The molecule has 1 N–H and O–H groups in total. The van der Waals surface area contributed by atoms with E-state index in [1.807, 2.05) is 66.9 Å². The Morgan fingerprint density at radius 2 is 1.78 bits per heavy atom. The van der Waals surface area contributed by atoms with Crippen LogP contribution >= 0.6 is 0 Å². The molecular formula is C24H23N5O3. The fourth-order valence-electron chi connectivity index (χ4n) is 3.72. The van der Waals surface area contributed by atoms with Gasteiger partial charge in [-0.2, -0.15) is 4.98 Å². The molecule has 4 aromatic rings. The number of nitrogens with one attached hydrogen (secondary N) is 1. The number of rotatable bonds is 6. The maximum Gasteiger partial charge on any atom is 0.254 e. The van der Waals surface area contributed by atoms with E-state index >= 15 is 0 Å². The lowest BCUT2D eigenvalue weighted by Gasteiger charge is -2.38. The van der Waals surface area contributed by atoms with Crippen molar-refractivity contribution in [3.63, 3.8) is 0 Å². The number of pyridine rings is 1. The van der Waals surface area contributed by atoms with Gasteiger partial charge in [0.15, 0.2) is 5.65 Å². The Morgan fingerprint density at radius 1 is 1.03 bits per heavy atom. The van der Waals surface area contributed by atoms with Gasteiger partial charge in [0, 0.05) is 43.2 Å². The summed E-state index contributed by atoms with van der Waals surface area (Å²) in [7, 11) is 3.32. The molecule has 1 aliphatic rings. The fraction of sp³-hybridized carbons (Fsp3) is 0.208. The Hall–Kier alpha value is -3.91. The molecule has 1 fully saturated rings. The number of methoxy groups -OCH3 is 2. The van der Waals surface area contributed by atoms with Gasteiger partial charge in [0.1, 0.15) is 5.75 Å². The predicted molar refractivity (Wildman–Crippen MR) is 121 cm³/mol. The number of amides is 1. The number of benzene rings is 2. The van der Waals surface area contributed by atoms with Crippen LogP contribution < -0.4 is 10.1 Å². The molecule has 8 nitrogen and oxygen atoms in total. The zero-order valence-corrected chi connectivity index (χ0v) is 17.9. The van der Waals surface area contributed by atoms with Crippen molar-refractivity contribution in [3.05, 3.63) is 72.4 Å². The topological polar surface area (TPSA) is 81.0 Å². The standard InChI is InChI=1S/C24H23N5O3/c1-31-19-11-7-16(8-12-19)21-4-3-13-29-22(21)26-24(27-29)25-18-9-5-17(6-10-18)23(30)28-14-20(15-28)32-2/h3-13,20H,14-15H2,1-2H3,(H,25,27). The largest absolute Gasteiger partial charge is 0.497 e. The van der Waals surface area contributed by atoms with Crippen LogP contribution in [-0.2, 0) is 4.74 Å². The minimum Gasteiger partial charge on any atom is -0.497 e. The second-order valence-electron chi connectivity index (χ2n) is 7.62. The smallest absolute Gasteiger partial charge is 0.254 e. The maximum atomic E-state index is 12.5. The first-order valence-corrected chi connectivity index (χ1v) is 10.3. The summed E-state index contributed by atoms with van der Waals surface area (Å²) in [6.45, 7) is 1.27. The highest BCUT2D eigenvalue weighted by Crippen LogP contribution is 2.27. The van der Waals surface area contributed by atoms with Gasteiger partial charge >= 0.3 is 0 Å². The van der Waals surface area contributed by atoms with Crippen LogP contribution in [0.5, 0.6) is 5.75 Å². The molecule has 0 radical (unpaired) electrons. The van der Waals surface area contributed by atoms with Gasteiger partial charge in [-0.15, -0.1) is 5.10 Å². The second-order valence-corrected chi connectivity index (χ2v) is 7.62. The van der Waals surface area contributed by atoms with E-state index in [1.54, 1.807) is 23.6 Å². The maximum absolute atomic E-state index is 12.5. The van der Waals surface area contributed by atoms with E-state index in [-0.39, 0.29) is 12.0 Å². The van der Waals surface area contributed by atoms with Gasteiger partial charge in [-0.25, -0.2) is 4.52 Å². The monoisotopic (exact) mass is 429 g/mol. The molecule has 0 bridgehead atoms. The van der Waals surface area contributed by atoms with Crippen LogP contribution in [0.2, 0.25) is 0 Å². The number of hydrogen-bond acceptors (Lipinski definition) is 6. The Kier molecular flexibility index (Phi) is 5.20. The fourth-order valence-corrected chi connectivity index (χ4v) is 3.72. The van der Waals surface area contributed by atoms with Crippen LogP contribution in [-0.4, -0.2) is 58.8 Å². The minimum absolute atomic E-state index is 0.0137.